The van der Waals surface area contributed by atoms with Gasteiger partial charge in [0.2, 0.25) is 15.4 Å². The van der Waals surface area contributed by atoms with E-state index < -0.39 is 10.0 Å². The Balaban J connectivity index is 1.80. The summed E-state index contributed by atoms with van der Waals surface area (Å²) >= 11 is 14.3. The van der Waals surface area contributed by atoms with Crippen molar-refractivity contribution in [3.05, 3.63) is 33.8 Å². The summed E-state index contributed by atoms with van der Waals surface area (Å²) < 4.78 is 26.6. The van der Waals surface area contributed by atoms with Gasteiger partial charge in [0, 0.05) is 34.5 Å². The van der Waals surface area contributed by atoms with Gasteiger partial charge in [-0.3, -0.25) is 4.79 Å². The van der Waals surface area contributed by atoms with Crippen LogP contribution in [0.25, 0.3) is 0 Å². The van der Waals surface area contributed by atoms with Crippen LogP contribution in [-0.4, -0.2) is 36.8 Å². The molecular formula is C14H16Cl2N4O3S3. The third-order valence-corrected chi connectivity index (χ3v) is 7.28. The lowest BCUT2D eigenvalue weighted by atomic mass is 10.2. The van der Waals surface area contributed by atoms with Crippen molar-refractivity contribution >= 4 is 67.4 Å². The molecule has 142 valence electrons. The molecule has 0 saturated carbocycles. The van der Waals surface area contributed by atoms with E-state index in [-0.39, 0.29) is 28.3 Å². The van der Waals surface area contributed by atoms with E-state index in [1.54, 1.807) is 19.1 Å². The lowest BCUT2D eigenvalue weighted by molar-refractivity contribution is -0.115. The molecule has 26 heavy (non-hydrogen) atoms. The molecule has 1 amide bonds. The Hall–Kier alpha value is -0.910. The average molecular weight is 455 g/mol. The second kappa shape index (κ2) is 9.86. The van der Waals surface area contributed by atoms with Crippen molar-refractivity contribution in [1.82, 2.24) is 14.9 Å². The third-order valence-electron chi connectivity index (χ3n) is 3.01. The quantitative estimate of drug-likeness (QED) is 0.444. The smallest absolute Gasteiger partial charge is 0.269 e. The summed E-state index contributed by atoms with van der Waals surface area (Å²) in [5.41, 5.74) is 0.935. The van der Waals surface area contributed by atoms with Crippen molar-refractivity contribution in [3.8, 4) is 0 Å². The number of benzene rings is 1. The lowest BCUT2D eigenvalue weighted by Gasteiger charge is -2.06. The molecule has 0 bridgehead atoms. The van der Waals surface area contributed by atoms with E-state index in [0.717, 1.165) is 16.9 Å². The maximum absolute atomic E-state index is 12.2. The Kier molecular flexibility index (Phi) is 8.11. The number of aromatic nitrogens is 2. The summed E-state index contributed by atoms with van der Waals surface area (Å²) in [5.74, 6) is 0.940. The van der Waals surface area contributed by atoms with Crippen molar-refractivity contribution in [1.29, 1.82) is 0 Å². The molecule has 0 spiro atoms. The largest absolute Gasteiger partial charge is 0.301 e. The first kappa shape index (κ1) is 21.4. The third kappa shape index (κ3) is 6.36. The highest BCUT2D eigenvalue weighted by Crippen LogP contribution is 2.24. The van der Waals surface area contributed by atoms with Gasteiger partial charge in [0.15, 0.2) is 0 Å². The van der Waals surface area contributed by atoms with Crippen LogP contribution in [-0.2, 0) is 20.6 Å². The summed E-state index contributed by atoms with van der Waals surface area (Å²) in [5, 5.41) is 11.1. The number of carbonyl (C=O) groups excluding carboxylic acids is 1. The molecule has 0 atom stereocenters. The van der Waals surface area contributed by atoms with E-state index in [2.05, 4.69) is 20.2 Å². The molecule has 0 aliphatic rings. The predicted molar refractivity (Wildman–Crippen MR) is 107 cm³/mol. The van der Waals surface area contributed by atoms with Gasteiger partial charge in [0.25, 0.3) is 10.0 Å². The SMILES string of the molecule is CCC(=O)Nc1nnc(S(=O)(=O)NCCSCc2ccc(Cl)cc2Cl)s1. The van der Waals surface area contributed by atoms with Crippen LogP contribution in [0.5, 0.6) is 0 Å². The van der Waals surface area contributed by atoms with Crippen LogP contribution >= 0.6 is 46.3 Å². The standard InChI is InChI=1S/C14H16Cl2N4O3S3/c1-2-12(21)18-13-19-20-14(25-13)26(22,23)17-5-6-24-8-9-3-4-10(15)7-11(9)16/h3-4,7,17H,2,5-6,8H2,1H3,(H,18,19,21). The van der Waals surface area contributed by atoms with E-state index in [1.807, 2.05) is 6.07 Å². The highest BCUT2D eigenvalue weighted by Gasteiger charge is 2.20. The fourth-order valence-corrected chi connectivity index (χ4v) is 5.24. The maximum Gasteiger partial charge on any atom is 0.269 e. The zero-order chi connectivity index (χ0) is 19.2. The Morgan fingerprint density at radius 3 is 2.77 bits per heavy atom. The van der Waals surface area contributed by atoms with Gasteiger partial charge in [-0.2, -0.15) is 11.8 Å². The number of amides is 1. The minimum atomic E-state index is -3.75. The molecule has 2 N–H and O–H groups in total. The van der Waals surface area contributed by atoms with Gasteiger partial charge in [0.1, 0.15) is 0 Å². The van der Waals surface area contributed by atoms with Crippen LogP contribution in [0.2, 0.25) is 10.0 Å². The molecule has 0 saturated heterocycles. The van der Waals surface area contributed by atoms with Crippen LogP contribution in [0.1, 0.15) is 18.9 Å². The van der Waals surface area contributed by atoms with Crippen molar-refractivity contribution < 1.29 is 13.2 Å². The number of nitrogens with one attached hydrogen (secondary N) is 2. The highest BCUT2D eigenvalue weighted by atomic mass is 35.5. The zero-order valence-electron chi connectivity index (χ0n) is 13.7. The molecule has 2 aromatic rings. The molecule has 7 nitrogen and oxygen atoms in total. The van der Waals surface area contributed by atoms with E-state index in [1.165, 1.54) is 11.8 Å². The second-order valence-electron chi connectivity index (χ2n) is 4.96. The number of carbonyl (C=O) groups is 1. The molecule has 0 unspecified atom stereocenters. The van der Waals surface area contributed by atoms with Gasteiger partial charge < -0.3 is 5.32 Å². The van der Waals surface area contributed by atoms with Gasteiger partial charge >= 0.3 is 0 Å². The van der Waals surface area contributed by atoms with Gasteiger partial charge in [-0.25, -0.2) is 13.1 Å². The monoisotopic (exact) mass is 454 g/mol. The Morgan fingerprint density at radius 1 is 1.31 bits per heavy atom. The molecule has 1 heterocycles. The number of sulfonamides is 1. The number of anilines is 1. The molecule has 0 aliphatic heterocycles. The van der Waals surface area contributed by atoms with Gasteiger partial charge in [0.05, 0.1) is 0 Å². The van der Waals surface area contributed by atoms with Crippen LogP contribution in [0.3, 0.4) is 0 Å². The topological polar surface area (TPSA) is 101 Å². The van der Waals surface area contributed by atoms with Crippen LogP contribution in [0.15, 0.2) is 22.5 Å². The molecule has 0 aliphatic carbocycles. The van der Waals surface area contributed by atoms with Gasteiger partial charge in [-0.1, -0.05) is 47.5 Å². The average Bonchev–Trinajstić information content (AvgIpc) is 3.05. The number of thioether (sulfide) groups is 1. The molecule has 2 rings (SSSR count). The summed E-state index contributed by atoms with van der Waals surface area (Å²) in [7, 11) is -3.75. The van der Waals surface area contributed by atoms with Crippen LogP contribution in [0.4, 0.5) is 5.13 Å². The lowest BCUT2D eigenvalue weighted by Crippen LogP contribution is -2.26. The number of rotatable bonds is 9. The van der Waals surface area contributed by atoms with Crippen LogP contribution in [0, 0.1) is 0 Å². The predicted octanol–water partition coefficient (Wildman–Crippen LogP) is 3.41. The normalized spacial score (nSPS) is 11.5. The first-order valence-corrected chi connectivity index (χ1v) is 11.7. The second-order valence-corrected chi connectivity index (χ2v) is 9.83. The molecule has 1 aromatic carbocycles. The van der Waals surface area contributed by atoms with Gasteiger partial charge in [-0.15, -0.1) is 10.2 Å². The van der Waals surface area contributed by atoms with Crippen molar-refractivity contribution in [2.24, 2.45) is 0 Å². The Morgan fingerprint density at radius 2 is 2.08 bits per heavy atom. The Labute approximate surface area is 169 Å². The Bertz CT molecular complexity index is 874. The fraction of sp³-hybridized carbons (Fsp3) is 0.357. The maximum atomic E-state index is 12.2. The molecule has 12 heteroatoms. The fourth-order valence-electron chi connectivity index (χ4n) is 1.71. The summed E-state index contributed by atoms with van der Waals surface area (Å²) in [4.78, 5) is 11.3. The summed E-state index contributed by atoms with van der Waals surface area (Å²) in [6.45, 7) is 1.92. The number of hydrogen-bond donors (Lipinski definition) is 2. The number of halogens is 2. The minimum Gasteiger partial charge on any atom is -0.301 e. The van der Waals surface area contributed by atoms with Crippen molar-refractivity contribution in [2.45, 2.75) is 23.4 Å². The molecule has 1 aromatic heterocycles. The summed E-state index contributed by atoms with van der Waals surface area (Å²) in [6, 6.07) is 5.28. The van der Waals surface area contributed by atoms with Crippen molar-refractivity contribution in [3.63, 3.8) is 0 Å². The van der Waals surface area contributed by atoms with Gasteiger partial charge in [-0.05, 0) is 17.7 Å². The first-order chi connectivity index (χ1) is 12.3. The van der Waals surface area contributed by atoms with Crippen LogP contribution < -0.4 is 10.0 Å². The number of hydrogen-bond acceptors (Lipinski definition) is 7. The molecule has 0 fully saturated rings. The van der Waals surface area contributed by atoms with E-state index >= 15 is 0 Å². The number of nitrogens with zero attached hydrogens (tertiary/aromatic N) is 2. The van der Waals surface area contributed by atoms with E-state index in [0.29, 0.717) is 21.6 Å². The molecule has 0 radical (unpaired) electrons. The van der Waals surface area contributed by atoms with E-state index in [4.69, 9.17) is 23.2 Å². The van der Waals surface area contributed by atoms with E-state index in [9.17, 15) is 13.2 Å². The first-order valence-electron chi connectivity index (χ1n) is 7.46. The minimum absolute atomic E-state index is 0.156. The van der Waals surface area contributed by atoms with Crippen molar-refractivity contribution in [2.75, 3.05) is 17.6 Å². The highest BCUT2D eigenvalue weighted by molar-refractivity contribution is 7.98. The molecular weight excluding hydrogens is 439 g/mol. The summed E-state index contributed by atoms with van der Waals surface area (Å²) in [6.07, 6.45) is 0.273. The zero-order valence-corrected chi connectivity index (χ0v) is 17.6.